The van der Waals surface area contributed by atoms with E-state index in [1.807, 2.05) is 112 Å². The summed E-state index contributed by atoms with van der Waals surface area (Å²) in [6, 6.07) is 19.3. The summed E-state index contributed by atoms with van der Waals surface area (Å²) in [4.78, 5) is 67.3. The molecule has 3 aromatic heterocycles. The van der Waals surface area contributed by atoms with Crippen LogP contribution in [-0.2, 0) is 25.6 Å². The Morgan fingerprint density at radius 2 is 1.60 bits per heavy atom. The van der Waals surface area contributed by atoms with E-state index in [4.69, 9.17) is 25.9 Å². The van der Waals surface area contributed by atoms with E-state index in [0.29, 0.717) is 46.7 Å². The van der Waals surface area contributed by atoms with Crippen LogP contribution < -0.4 is 20.7 Å². The lowest BCUT2D eigenvalue weighted by Gasteiger charge is -2.36. The molecule has 3 aromatic carbocycles. The number of hydrogen-bond acceptors (Lipinski definition) is 13. The van der Waals surface area contributed by atoms with E-state index >= 15 is 0 Å². The number of halogens is 1. The van der Waals surface area contributed by atoms with Gasteiger partial charge in [-0.25, -0.2) is 0 Å². The summed E-state index contributed by atoms with van der Waals surface area (Å²) in [7, 11) is 0. The summed E-state index contributed by atoms with van der Waals surface area (Å²) in [6.45, 7) is 15.2. The van der Waals surface area contributed by atoms with Crippen molar-refractivity contribution in [1.82, 2.24) is 45.8 Å². The zero-order valence-corrected chi connectivity index (χ0v) is 43.1. The van der Waals surface area contributed by atoms with Crippen molar-refractivity contribution in [2.75, 3.05) is 6.54 Å². The van der Waals surface area contributed by atoms with Gasteiger partial charge in [0.25, 0.3) is 5.89 Å². The van der Waals surface area contributed by atoms with Crippen molar-refractivity contribution in [2.45, 2.75) is 130 Å². The lowest BCUT2D eigenvalue weighted by molar-refractivity contribution is -0.144. The fourth-order valence-corrected chi connectivity index (χ4v) is 10.8. The normalized spacial score (nSPS) is 20.3. The second-order valence-corrected chi connectivity index (χ2v) is 21.8. The first-order chi connectivity index (χ1) is 34.3. The molecule has 17 nitrogen and oxygen atoms in total. The number of carbonyl (C=O) groups excluding carboxylic acids is 4. The molecule has 1 saturated heterocycles. The second-order valence-electron chi connectivity index (χ2n) is 20.2. The van der Waals surface area contributed by atoms with Crippen molar-refractivity contribution < 1.29 is 33.5 Å². The van der Waals surface area contributed by atoms with Gasteiger partial charge in [0.2, 0.25) is 23.6 Å². The predicted octanol–water partition coefficient (Wildman–Crippen LogP) is 7.19. The molecule has 1 saturated carbocycles. The van der Waals surface area contributed by atoms with Crippen LogP contribution in [0.4, 0.5) is 0 Å². The van der Waals surface area contributed by atoms with Crippen LogP contribution >= 0.6 is 22.9 Å². The van der Waals surface area contributed by atoms with E-state index in [2.05, 4.69) is 50.1 Å². The summed E-state index contributed by atoms with van der Waals surface area (Å²) >= 11 is 7.93. The van der Waals surface area contributed by atoms with Crippen LogP contribution in [0.5, 0.6) is 5.75 Å². The lowest BCUT2D eigenvalue weighted by atomic mass is 9.85. The van der Waals surface area contributed by atoms with Gasteiger partial charge in [-0.2, -0.15) is 4.98 Å². The van der Waals surface area contributed by atoms with E-state index in [9.17, 15) is 24.3 Å². The van der Waals surface area contributed by atoms with Crippen molar-refractivity contribution in [3.8, 4) is 22.2 Å². The molecule has 0 spiro atoms. The molecular formula is C53H59ClN10O7S. The van der Waals surface area contributed by atoms with Crippen molar-refractivity contribution in [2.24, 2.45) is 10.4 Å². The number of aliphatic imine (C=N–C) groups is 1. The molecule has 4 N–H and O–H groups in total. The number of aryl methyl sites for hydroxylation is 3. The highest BCUT2D eigenvalue weighted by Crippen LogP contribution is 2.40. The maximum Gasteiger partial charge on any atom is 0.257 e. The van der Waals surface area contributed by atoms with Gasteiger partial charge >= 0.3 is 0 Å². The number of carbonyl (C=O) groups is 4. The first-order valence-corrected chi connectivity index (χ1v) is 25.4. The van der Waals surface area contributed by atoms with Crippen molar-refractivity contribution in [3.05, 3.63) is 128 Å². The zero-order valence-electron chi connectivity index (χ0n) is 41.5. The molecule has 2 fully saturated rings. The maximum absolute atomic E-state index is 14.2. The number of β-amino-alcohol motifs (C(OH)–C–C–N with tert-alkyl or cyclic N) is 1. The highest BCUT2D eigenvalue weighted by atomic mass is 35.5. The van der Waals surface area contributed by atoms with E-state index in [1.165, 1.54) is 9.78 Å². The van der Waals surface area contributed by atoms with Crippen LogP contribution in [0.1, 0.15) is 116 Å². The van der Waals surface area contributed by atoms with E-state index in [1.54, 1.807) is 18.3 Å². The number of thiophene rings is 1. The van der Waals surface area contributed by atoms with Crippen molar-refractivity contribution in [1.29, 1.82) is 0 Å². The fourth-order valence-electron chi connectivity index (χ4n) is 9.49. The molecule has 19 heteroatoms. The van der Waals surface area contributed by atoms with E-state index in [0.717, 1.165) is 44.4 Å². The Morgan fingerprint density at radius 3 is 2.26 bits per heavy atom. The molecule has 2 aliphatic heterocycles. The van der Waals surface area contributed by atoms with Gasteiger partial charge in [-0.15, -0.1) is 21.5 Å². The largest absolute Gasteiger partial charge is 0.490 e. The Bertz CT molecular complexity index is 3030. The number of nitrogens with zero attached hydrogens (tertiary/aromatic N) is 7. The first-order valence-electron chi connectivity index (χ1n) is 24.2. The molecule has 6 aromatic rings. The molecule has 72 heavy (non-hydrogen) atoms. The number of aliphatic hydroxyl groups excluding tert-OH is 1. The Hall–Kier alpha value is -6.76. The molecular weight excluding hydrogens is 956 g/mol. The molecule has 3 aliphatic rings. The SMILES string of the molecule is Cc1noc(-c2ccc([C@H](C)NC(=O)[C@@H]3C[C@@H](O)CN3C(=O)[C@@H](NC(=O)Cc3ccc(O[C@H]4C[C@H](NC(=O)C[C@@H]5N=C(c6ccc(Cl)cc6)c6c(sc(C)c6C)-n6c(C)nnc65)C4)cc3)C(C)(C)C)cc2)n1. The van der Waals surface area contributed by atoms with Gasteiger partial charge < -0.3 is 35.2 Å². The number of hydrogen-bond donors (Lipinski definition) is 4. The number of aliphatic hydroxyl groups is 1. The monoisotopic (exact) mass is 1010 g/mol. The number of fused-ring (bicyclic) bond motifs is 3. The highest BCUT2D eigenvalue weighted by Gasteiger charge is 2.45. The number of aromatic nitrogens is 5. The maximum atomic E-state index is 14.2. The van der Waals surface area contributed by atoms with Gasteiger partial charge in [-0.05, 0) is 93.1 Å². The number of amides is 4. The Balaban J connectivity index is 0.767. The molecule has 0 unspecified atom stereocenters. The standard InChI is InChI=1S/C53H59ClN10O7S/c1-27-29(3)72-52-45(27)46(34-15-17-36(54)18-16-34)58-41(48-61-60-31(5)64(48)52)25-44(67)57-37-22-40(23-37)70-39-19-9-32(10-20-39)21-43(66)59-47(53(6,7)8)51(69)63-26-38(65)24-42(63)49(68)55-28(2)33-11-13-35(14-12-33)50-56-30(4)62-71-50/h9-20,28,37-38,40-42,47,65H,21-26H2,1-8H3,(H,55,68)(H,57,67)(H,59,66)/t28-,37-,38+,40-,41-,42-,47+/m0/s1. The average Bonchev–Trinajstić information content (AvgIpc) is 4.10. The number of benzene rings is 3. The zero-order chi connectivity index (χ0) is 51.2. The first kappa shape index (κ1) is 50.2. The smallest absolute Gasteiger partial charge is 0.257 e. The molecule has 0 bridgehead atoms. The summed E-state index contributed by atoms with van der Waals surface area (Å²) < 4.78 is 13.5. The summed E-state index contributed by atoms with van der Waals surface area (Å²) in [5, 5.41) is 34.2. The molecule has 0 radical (unpaired) electrons. The third-order valence-corrected chi connectivity index (χ3v) is 15.1. The molecule has 376 valence electrons. The predicted molar refractivity (Wildman–Crippen MR) is 272 cm³/mol. The second kappa shape index (κ2) is 20.4. The minimum absolute atomic E-state index is 0.00219. The molecule has 5 atom stereocenters. The van der Waals surface area contributed by atoms with Gasteiger partial charge in [0.05, 0.1) is 30.7 Å². The van der Waals surface area contributed by atoms with Gasteiger partial charge in [-0.3, -0.25) is 28.7 Å². The minimum atomic E-state index is -0.975. The minimum Gasteiger partial charge on any atom is -0.490 e. The molecule has 1 aliphatic carbocycles. The number of rotatable bonds is 14. The van der Waals surface area contributed by atoms with Crippen molar-refractivity contribution in [3.63, 3.8) is 0 Å². The molecule has 4 amide bonds. The third kappa shape index (κ3) is 10.7. The molecule has 9 rings (SSSR count). The Labute approximate surface area is 426 Å². The summed E-state index contributed by atoms with van der Waals surface area (Å²) in [5.74, 6) is 1.55. The summed E-state index contributed by atoms with van der Waals surface area (Å²) in [6.07, 6.45) is 0.396. The van der Waals surface area contributed by atoms with Gasteiger partial charge in [0, 0.05) is 58.4 Å². The highest BCUT2D eigenvalue weighted by molar-refractivity contribution is 7.15. The van der Waals surface area contributed by atoms with Gasteiger partial charge in [-0.1, -0.05) is 73.9 Å². The van der Waals surface area contributed by atoms with Crippen LogP contribution in [0.15, 0.2) is 82.3 Å². The number of ether oxygens (including phenoxy) is 1. The van der Waals surface area contributed by atoms with Crippen LogP contribution in [0, 0.1) is 33.1 Å². The van der Waals surface area contributed by atoms with Crippen LogP contribution in [0.25, 0.3) is 16.5 Å². The van der Waals surface area contributed by atoms with E-state index in [-0.39, 0.29) is 49.8 Å². The van der Waals surface area contributed by atoms with Crippen molar-refractivity contribution >= 4 is 52.3 Å². The summed E-state index contributed by atoms with van der Waals surface area (Å²) in [5.41, 5.74) is 5.38. The van der Waals surface area contributed by atoms with Crippen LogP contribution in [-0.4, -0.2) is 101 Å². The Morgan fingerprint density at radius 1 is 0.903 bits per heavy atom. The van der Waals surface area contributed by atoms with Crippen LogP contribution in [0.3, 0.4) is 0 Å². The van der Waals surface area contributed by atoms with Crippen LogP contribution in [0.2, 0.25) is 5.02 Å². The topological polar surface area (TPSA) is 219 Å². The quantitative estimate of drug-likeness (QED) is 0.0856. The fraction of sp³-hybridized carbons (Fsp3) is 0.415. The van der Waals surface area contributed by atoms with E-state index < -0.39 is 47.5 Å². The number of nitrogens with one attached hydrogen (secondary N) is 3. The van der Waals surface area contributed by atoms with Gasteiger partial charge in [0.15, 0.2) is 11.6 Å². The average molecular weight is 1020 g/mol. The number of likely N-dealkylation sites (tertiary alicyclic amines) is 1. The lowest BCUT2D eigenvalue weighted by Crippen LogP contribution is -2.58. The molecule has 5 heterocycles. The Kier molecular flexibility index (Phi) is 14.2. The third-order valence-electron chi connectivity index (χ3n) is 13.6. The van der Waals surface area contributed by atoms with Gasteiger partial charge in [0.1, 0.15) is 40.8 Å².